The molecule has 5 nitrogen and oxygen atoms in total. The Morgan fingerprint density at radius 3 is 2.52 bits per heavy atom. The summed E-state index contributed by atoms with van der Waals surface area (Å²) in [7, 11) is 3.22. The number of hydrogen-bond donors (Lipinski definition) is 1. The first-order valence-electron chi connectivity index (χ1n) is 7.31. The molecule has 0 saturated carbocycles. The second kappa shape index (κ2) is 9.10. The molecule has 0 aromatic heterocycles. The average Bonchev–Trinajstić information content (AvgIpc) is 2.50. The topological polar surface area (TPSA) is 59.0 Å². The summed E-state index contributed by atoms with van der Waals surface area (Å²) in [6.45, 7) is 3.45. The predicted octanol–water partition coefficient (Wildman–Crippen LogP) is 3.18. The molecule has 0 saturated heterocycles. The maximum absolute atomic E-state index is 10.8. The summed E-state index contributed by atoms with van der Waals surface area (Å²) >= 11 is 0. The second-order valence-corrected chi connectivity index (χ2v) is 4.88. The van der Waals surface area contributed by atoms with Gasteiger partial charge in [-0.2, -0.15) is 0 Å². The highest BCUT2D eigenvalue weighted by Gasteiger charge is 2.14. The predicted molar refractivity (Wildman–Crippen MR) is 83.5 cm³/mol. The molecule has 0 spiro atoms. The lowest BCUT2D eigenvalue weighted by Gasteiger charge is -2.26. The normalized spacial score (nSPS) is 10.2. The van der Waals surface area contributed by atoms with Gasteiger partial charge < -0.3 is 19.5 Å². The van der Waals surface area contributed by atoms with Gasteiger partial charge in [0.15, 0.2) is 0 Å². The van der Waals surface area contributed by atoms with Crippen LogP contribution in [0, 0.1) is 0 Å². The molecule has 0 heterocycles. The molecular formula is C16H25NO4. The molecule has 0 bridgehead atoms. The van der Waals surface area contributed by atoms with Crippen LogP contribution < -0.4 is 14.4 Å². The molecule has 1 rings (SSSR count). The van der Waals surface area contributed by atoms with Gasteiger partial charge in [-0.05, 0) is 18.6 Å². The smallest absolute Gasteiger partial charge is 0.305 e. The van der Waals surface area contributed by atoms with E-state index < -0.39 is 5.97 Å². The van der Waals surface area contributed by atoms with Crippen molar-refractivity contribution in [2.75, 3.05) is 32.2 Å². The van der Waals surface area contributed by atoms with E-state index in [0.29, 0.717) is 12.3 Å². The Hall–Kier alpha value is -1.91. The lowest BCUT2D eigenvalue weighted by molar-refractivity contribution is -0.136. The van der Waals surface area contributed by atoms with Crippen LogP contribution in [0.2, 0.25) is 0 Å². The maximum atomic E-state index is 10.8. The zero-order valence-electron chi connectivity index (χ0n) is 13.1. The lowest BCUT2D eigenvalue weighted by Crippen LogP contribution is -2.27. The lowest BCUT2D eigenvalue weighted by atomic mass is 10.2. The average molecular weight is 295 g/mol. The highest BCUT2D eigenvalue weighted by atomic mass is 16.5. The highest BCUT2D eigenvalue weighted by Crippen LogP contribution is 2.32. The third-order valence-electron chi connectivity index (χ3n) is 3.35. The van der Waals surface area contributed by atoms with Crippen molar-refractivity contribution in [1.29, 1.82) is 0 Å². The van der Waals surface area contributed by atoms with Crippen molar-refractivity contribution in [2.24, 2.45) is 0 Å². The summed E-state index contributed by atoms with van der Waals surface area (Å²) < 4.78 is 10.6. The van der Waals surface area contributed by atoms with E-state index in [9.17, 15) is 4.79 Å². The van der Waals surface area contributed by atoms with Gasteiger partial charge in [0.25, 0.3) is 0 Å². The Balaban J connectivity index is 2.91. The number of ether oxygens (including phenoxy) is 2. The van der Waals surface area contributed by atoms with Gasteiger partial charge >= 0.3 is 5.97 Å². The molecule has 5 heteroatoms. The molecule has 0 fully saturated rings. The van der Waals surface area contributed by atoms with Crippen molar-refractivity contribution in [1.82, 2.24) is 0 Å². The number of aliphatic carboxylic acids is 1. The van der Waals surface area contributed by atoms with E-state index in [4.69, 9.17) is 14.6 Å². The third-order valence-corrected chi connectivity index (χ3v) is 3.35. The van der Waals surface area contributed by atoms with Crippen LogP contribution in [0.4, 0.5) is 5.69 Å². The molecule has 1 aromatic rings. The number of carboxylic acid groups (broad SMARTS) is 1. The van der Waals surface area contributed by atoms with Crippen molar-refractivity contribution in [2.45, 2.75) is 32.6 Å². The summed E-state index contributed by atoms with van der Waals surface area (Å²) in [6, 6.07) is 5.61. The number of rotatable bonds is 10. The summed E-state index contributed by atoms with van der Waals surface area (Å²) in [5.74, 6) is 0.640. The SMILES string of the molecule is CCCCCN(CCC(=O)O)c1ccc(OC)cc1OC. The number of carboxylic acids is 1. The molecular weight excluding hydrogens is 270 g/mol. The van der Waals surface area contributed by atoms with Gasteiger partial charge in [0.05, 0.1) is 26.3 Å². The number of unbranched alkanes of at least 4 members (excludes halogenated alkanes) is 2. The summed E-state index contributed by atoms with van der Waals surface area (Å²) in [5.41, 5.74) is 0.913. The minimum atomic E-state index is -0.789. The van der Waals surface area contributed by atoms with Crippen LogP contribution >= 0.6 is 0 Å². The summed E-state index contributed by atoms with van der Waals surface area (Å²) in [5, 5.41) is 8.91. The fourth-order valence-corrected chi connectivity index (χ4v) is 2.18. The van der Waals surface area contributed by atoms with E-state index in [1.165, 1.54) is 0 Å². The van der Waals surface area contributed by atoms with Crippen molar-refractivity contribution in [3.8, 4) is 11.5 Å². The van der Waals surface area contributed by atoms with Gasteiger partial charge in [0, 0.05) is 19.2 Å². The molecule has 0 unspecified atom stereocenters. The second-order valence-electron chi connectivity index (χ2n) is 4.88. The van der Waals surface area contributed by atoms with Crippen molar-refractivity contribution < 1.29 is 19.4 Å². The van der Waals surface area contributed by atoms with Gasteiger partial charge in [-0.25, -0.2) is 0 Å². The van der Waals surface area contributed by atoms with Gasteiger partial charge in [-0.1, -0.05) is 19.8 Å². The van der Waals surface area contributed by atoms with E-state index in [1.54, 1.807) is 14.2 Å². The number of carbonyl (C=O) groups is 1. The largest absolute Gasteiger partial charge is 0.497 e. The Kier molecular flexibility index (Phi) is 7.43. The Morgan fingerprint density at radius 2 is 1.95 bits per heavy atom. The Bertz CT molecular complexity index is 448. The zero-order valence-corrected chi connectivity index (χ0v) is 13.1. The third kappa shape index (κ3) is 5.53. The van der Waals surface area contributed by atoms with Crippen LogP contribution in [-0.2, 0) is 4.79 Å². The molecule has 0 radical (unpaired) electrons. The summed E-state index contributed by atoms with van der Waals surface area (Å²) in [4.78, 5) is 12.9. The first-order valence-corrected chi connectivity index (χ1v) is 7.31. The van der Waals surface area contributed by atoms with Gasteiger partial charge in [-0.3, -0.25) is 4.79 Å². The number of anilines is 1. The van der Waals surface area contributed by atoms with Crippen LogP contribution in [0.15, 0.2) is 18.2 Å². The first kappa shape index (κ1) is 17.1. The van der Waals surface area contributed by atoms with E-state index in [0.717, 1.165) is 37.2 Å². The molecule has 1 aromatic carbocycles. The highest BCUT2D eigenvalue weighted by molar-refractivity contribution is 5.68. The zero-order chi connectivity index (χ0) is 15.7. The molecule has 0 atom stereocenters. The Morgan fingerprint density at radius 1 is 1.19 bits per heavy atom. The van der Waals surface area contributed by atoms with Crippen molar-refractivity contribution in [3.63, 3.8) is 0 Å². The number of hydrogen-bond acceptors (Lipinski definition) is 4. The Labute approximate surface area is 126 Å². The quantitative estimate of drug-likeness (QED) is 0.672. The van der Waals surface area contributed by atoms with Crippen LogP contribution in [-0.4, -0.2) is 38.4 Å². The van der Waals surface area contributed by atoms with Gasteiger partial charge in [-0.15, -0.1) is 0 Å². The van der Waals surface area contributed by atoms with Crippen LogP contribution in [0.5, 0.6) is 11.5 Å². The van der Waals surface area contributed by atoms with Gasteiger partial charge in [0.1, 0.15) is 11.5 Å². The molecule has 0 aliphatic rings. The maximum Gasteiger partial charge on any atom is 0.305 e. The number of benzene rings is 1. The number of methoxy groups -OCH3 is 2. The van der Waals surface area contributed by atoms with Crippen molar-refractivity contribution in [3.05, 3.63) is 18.2 Å². The summed E-state index contributed by atoms with van der Waals surface area (Å²) in [6.07, 6.45) is 3.40. The van der Waals surface area contributed by atoms with E-state index >= 15 is 0 Å². The van der Waals surface area contributed by atoms with Crippen LogP contribution in [0.1, 0.15) is 32.6 Å². The first-order chi connectivity index (χ1) is 10.1. The van der Waals surface area contributed by atoms with Gasteiger partial charge in [0.2, 0.25) is 0 Å². The minimum Gasteiger partial charge on any atom is -0.497 e. The van der Waals surface area contributed by atoms with E-state index in [1.807, 2.05) is 18.2 Å². The molecule has 0 aliphatic carbocycles. The molecule has 0 amide bonds. The monoisotopic (exact) mass is 295 g/mol. The van der Waals surface area contributed by atoms with Crippen molar-refractivity contribution >= 4 is 11.7 Å². The number of nitrogens with zero attached hydrogens (tertiary/aromatic N) is 1. The van der Waals surface area contributed by atoms with E-state index in [2.05, 4.69) is 11.8 Å². The standard InChI is InChI=1S/C16H25NO4/c1-4-5-6-10-17(11-9-16(18)19)14-8-7-13(20-2)12-15(14)21-3/h7-8,12H,4-6,9-11H2,1-3H3,(H,18,19). The van der Waals surface area contributed by atoms with E-state index in [-0.39, 0.29) is 6.42 Å². The minimum absolute atomic E-state index is 0.112. The van der Waals surface area contributed by atoms with Crippen LogP contribution in [0.25, 0.3) is 0 Å². The fraction of sp³-hybridized carbons (Fsp3) is 0.562. The molecule has 21 heavy (non-hydrogen) atoms. The molecule has 1 N–H and O–H groups in total. The molecule has 118 valence electrons. The molecule has 0 aliphatic heterocycles. The van der Waals surface area contributed by atoms with Crippen LogP contribution in [0.3, 0.4) is 0 Å². The fourth-order valence-electron chi connectivity index (χ4n) is 2.18.